The van der Waals surface area contributed by atoms with Crippen molar-refractivity contribution < 1.29 is 4.79 Å². The molecule has 4 nitrogen and oxygen atoms in total. The molecule has 1 fully saturated rings. The molecule has 0 bridgehead atoms. The zero-order valence-electron chi connectivity index (χ0n) is 15.2. The van der Waals surface area contributed by atoms with E-state index < -0.39 is 0 Å². The summed E-state index contributed by atoms with van der Waals surface area (Å²) < 4.78 is 0. The van der Waals surface area contributed by atoms with Crippen molar-refractivity contribution in [2.75, 3.05) is 18.0 Å². The number of likely N-dealkylation sites (tertiary alicyclic amines) is 1. The van der Waals surface area contributed by atoms with Gasteiger partial charge in [-0.05, 0) is 54.7 Å². The monoisotopic (exact) mass is 337 g/mol. The highest BCUT2D eigenvalue weighted by molar-refractivity contribution is 5.92. The number of anilines is 1. The van der Waals surface area contributed by atoms with E-state index in [1.807, 2.05) is 17.3 Å². The van der Waals surface area contributed by atoms with Crippen molar-refractivity contribution in [1.82, 2.24) is 9.88 Å². The van der Waals surface area contributed by atoms with E-state index in [0.29, 0.717) is 6.04 Å². The highest BCUT2D eigenvalue weighted by Crippen LogP contribution is 2.25. The first-order valence-corrected chi connectivity index (χ1v) is 9.17. The third-order valence-corrected chi connectivity index (χ3v) is 5.04. The number of benzene rings is 1. The molecule has 1 aliphatic heterocycles. The quantitative estimate of drug-likeness (QED) is 0.835. The van der Waals surface area contributed by atoms with Gasteiger partial charge in [-0.3, -0.25) is 14.7 Å². The lowest BCUT2D eigenvalue weighted by Crippen LogP contribution is -2.46. The van der Waals surface area contributed by atoms with E-state index >= 15 is 0 Å². The lowest BCUT2D eigenvalue weighted by molar-refractivity contribution is -0.117. The summed E-state index contributed by atoms with van der Waals surface area (Å²) in [5.41, 5.74) is 3.63. The number of hydrogen-bond donors (Lipinski definition) is 0. The SMILES string of the molecule is CCc1ccc(N(C(C)=O)C2CCN(Cc3ccncc3)CC2)cc1. The number of amides is 1. The van der Waals surface area contributed by atoms with E-state index in [1.165, 1.54) is 11.1 Å². The zero-order valence-corrected chi connectivity index (χ0v) is 15.2. The Morgan fingerprint density at radius 1 is 1.08 bits per heavy atom. The second kappa shape index (κ2) is 8.26. The van der Waals surface area contributed by atoms with Crippen molar-refractivity contribution in [2.45, 2.75) is 45.7 Å². The van der Waals surface area contributed by atoms with Gasteiger partial charge in [0.25, 0.3) is 0 Å². The van der Waals surface area contributed by atoms with Crippen LogP contribution in [-0.4, -0.2) is 34.9 Å². The average molecular weight is 337 g/mol. The summed E-state index contributed by atoms with van der Waals surface area (Å²) in [7, 11) is 0. The molecular weight excluding hydrogens is 310 g/mol. The van der Waals surface area contributed by atoms with Crippen LogP contribution in [0.3, 0.4) is 0 Å². The molecule has 1 aromatic carbocycles. The minimum atomic E-state index is 0.136. The molecule has 25 heavy (non-hydrogen) atoms. The molecule has 2 heterocycles. The highest BCUT2D eigenvalue weighted by atomic mass is 16.2. The Kier molecular flexibility index (Phi) is 5.82. The minimum Gasteiger partial charge on any atom is -0.310 e. The maximum atomic E-state index is 12.3. The fraction of sp³-hybridized carbons (Fsp3) is 0.429. The van der Waals surface area contributed by atoms with Crippen molar-refractivity contribution in [1.29, 1.82) is 0 Å². The number of carbonyl (C=O) groups is 1. The van der Waals surface area contributed by atoms with Crippen LogP contribution in [0.25, 0.3) is 0 Å². The maximum absolute atomic E-state index is 12.3. The molecule has 0 radical (unpaired) electrons. The first-order chi connectivity index (χ1) is 12.2. The van der Waals surface area contributed by atoms with Gasteiger partial charge in [-0.25, -0.2) is 0 Å². The number of aryl methyl sites for hydroxylation is 1. The van der Waals surface area contributed by atoms with E-state index in [9.17, 15) is 4.79 Å². The van der Waals surface area contributed by atoms with Crippen LogP contribution >= 0.6 is 0 Å². The lowest BCUT2D eigenvalue weighted by Gasteiger charge is -2.38. The number of pyridine rings is 1. The van der Waals surface area contributed by atoms with E-state index in [0.717, 1.165) is 44.6 Å². The molecule has 0 aliphatic carbocycles. The fourth-order valence-corrected chi connectivity index (χ4v) is 3.62. The van der Waals surface area contributed by atoms with Gasteiger partial charge in [0.2, 0.25) is 5.91 Å². The molecule has 0 saturated carbocycles. The van der Waals surface area contributed by atoms with Gasteiger partial charge in [-0.2, -0.15) is 0 Å². The standard InChI is InChI=1S/C21H27N3O/c1-3-18-4-6-20(7-5-18)24(17(2)25)21-10-14-23(15-11-21)16-19-8-12-22-13-9-19/h4-9,12-13,21H,3,10-11,14-16H2,1-2H3. The zero-order chi connectivity index (χ0) is 17.6. The Balaban J connectivity index is 1.63. The number of piperidine rings is 1. The van der Waals surface area contributed by atoms with Crippen LogP contribution in [0.15, 0.2) is 48.8 Å². The predicted octanol–water partition coefficient (Wildman–Crippen LogP) is 3.66. The third-order valence-electron chi connectivity index (χ3n) is 5.04. The first-order valence-electron chi connectivity index (χ1n) is 9.17. The number of aromatic nitrogens is 1. The van der Waals surface area contributed by atoms with E-state index in [4.69, 9.17) is 0 Å². The van der Waals surface area contributed by atoms with Crippen LogP contribution in [0.4, 0.5) is 5.69 Å². The van der Waals surface area contributed by atoms with Gasteiger partial charge in [0, 0.05) is 50.7 Å². The molecule has 4 heteroatoms. The van der Waals surface area contributed by atoms with Crippen LogP contribution in [0.1, 0.15) is 37.8 Å². The number of nitrogens with zero attached hydrogens (tertiary/aromatic N) is 3. The molecule has 0 N–H and O–H groups in total. The predicted molar refractivity (Wildman–Crippen MR) is 102 cm³/mol. The summed E-state index contributed by atoms with van der Waals surface area (Å²) in [6.45, 7) is 6.82. The average Bonchev–Trinajstić information content (AvgIpc) is 2.64. The van der Waals surface area contributed by atoms with Gasteiger partial charge in [0.15, 0.2) is 0 Å². The van der Waals surface area contributed by atoms with Crippen molar-refractivity contribution in [3.8, 4) is 0 Å². The van der Waals surface area contributed by atoms with Gasteiger partial charge < -0.3 is 4.90 Å². The van der Waals surface area contributed by atoms with E-state index in [-0.39, 0.29) is 5.91 Å². The van der Waals surface area contributed by atoms with Gasteiger partial charge in [-0.15, -0.1) is 0 Å². The van der Waals surface area contributed by atoms with Crippen LogP contribution < -0.4 is 4.90 Å². The summed E-state index contributed by atoms with van der Waals surface area (Å²) in [6.07, 6.45) is 6.74. The Bertz CT molecular complexity index is 676. The minimum absolute atomic E-state index is 0.136. The number of hydrogen-bond acceptors (Lipinski definition) is 3. The Morgan fingerprint density at radius 2 is 1.72 bits per heavy atom. The van der Waals surface area contributed by atoms with Gasteiger partial charge in [0.05, 0.1) is 0 Å². The molecule has 3 rings (SSSR count). The Morgan fingerprint density at radius 3 is 2.28 bits per heavy atom. The lowest BCUT2D eigenvalue weighted by atomic mass is 10.0. The first kappa shape index (κ1) is 17.6. The van der Waals surface area contributed by atoms with Crippen LogP contribution in [-0.2, 0) is 17.8 Å². The second-order valence-electron chi connectivity index (χ2n) is 6.77. The summed E-state index contributed by atoms with van der Waals surface area (Å²) in [5.74, 6) is 0.136. The molecule has 2 aromatic rings. The summed E-state index contributed by atoms with van der Waals surface area (Å²) in [6, 6.07) is 12.9. The molecule has 132 valence electrons. The highest BCUT2D eigenvalue weighted by Gasteiger charge is 2.27. The molecule has 1 aromatic heterocycles. The van der Waals surface area contributed by atoms with Crippen LogP contribution in [0.5, 0.6) is 0 Å². The second-order valence-corrected chi connectivity index (χ2v) is 6.77. The van der Waals surface area contributed by atoms with Crippen LogP contribution in [0, 0.1) is 0 Å². The van der Waals surface area contributed by atoms with Gasteiger partial charge >= 0.3 is 0 Å². The largest absolute Gasteiger partial charge is 0.310 e. The van der Waals surface area contributed by atoms with Crippen LogP contribution in [0.2, 0.25) is 0 Å². The van der Waals surface area contributed by atoms with Crippen molar-refractivity contribution in [2.24, 2.45) is 0 Å². The number of rotatable bonds is 5. The summed E-state index contributed by atoms with van der Waals surface area (Å²) in [5, 5.41) is 0. The molecule has 1 amide bonds. The molecule has 0 unspecified atom stereocenters. The van der Waals surface area contributed by atoms with E-state index in [1.54, 1.807) is 6.92 Å². The van der Waals surface area contributed by atoms with Crippen molar-refractivity contribution >= 4 is 11.6 Å². The summed E-state index contributed by atoms with van der Waals surface area (Å²) in [4.78, 5) is 20.8. The maximum Gasteiger partial charge on any atom is 0.224 e. The van der Waals surface area contributed by atoms with E-state index in [2.05, 4.69) is 53.2 Å². The topological polar surface area (TPSA) is 36.4 Å². The fourth-order valence-electron chi connectivity index (χ4n) is 3.62. The molecular formula is C21H27N3O. The van der Waals surface area contributed by atoms with Gasteiger partial charge in [-0.1, -0.05) is 19.1 Å². The van der Waals surface area contributed by atoms with Gasteiger partial charge in [0.1, 0.15) is 0 Å². The molecule has 1 aliphatic rings. The molecule has 0 atom stereocenters. The molecule has 1 saturated heterocycles. The summed E-state index contributed by atoms with van der Waals surface area (Å²) >= 11 is 0. The smallest absolute Gasteiger partial charge is 0.224 e. The van der Waals surface area contributed by atoms with Crippen molar-refractivity contribution in [3.63, 3.8) is 0 Å². The molecule has 0 spiro atoms. The Hall–Kier alpha value is -2.20. The Labute approximate surface area is 150 Å². The van der Waals surface area contributed by atoms with Crippen molar-refractivity contribution in [3.05, 3.63) is 59.9 Å². The normalized spacial score (nSPS) is 15.9. The number of carbonyl (C=O) groups excluding carboxylic acids is 1. The third kappa shape index (κ3) is 4.45.